The fraction of sp³-hybridized carbons (Fsp3) is 0.214. The second-order valence-corrected chi connectivity index (χ2v) is 5.03. The number of nitrogen functional groups attached to an aromatic ring is 1. The number of benzene rings is 1. The van der Waals surface area contributed by atoms with Gasteiger partial charge in [0.05, 0.1) is 0 Å². The molecule has 3 N–H and O–H groups in total. The number of nitrogens with zero attached hydrogens (tertiary/aromatic N) is 3. The Kier molecular flexibility index (Phi) is 4.20. The summed E-state index contributed by atoms with van der Waals surface area (Å²) in [4.78, 5) is 10.5. The predicted molar refractivity (Wildman–Crippen MR) is 81.3 cm³/mol. The Morgan fingerprint density at radius 2 is 2.10 bits per heavy atom. The molecule has 1 aromatic carbocycles. The molecule has 0 bridgehead atoms. The minimum absolute atomic E-state index is 0.0621. The lowest BCUT2D eigenvalue weighted by molar-refractivity contribution is 0.857. The minimum atomic E-state index is -0.0621. The van der Waals surface area contributed by atoms with Crippen LogP contribution in [0.4, 0.5) is 5.95 Å². The molecule has 0 atom stereocenters. The minimum Gasteiger partial charge on any atom is -0.382 e. The first-order chi connectivity index (χ1) is 9.45. The van der Waals surface area contributed by atoms with Gasteiger partial charge in [0.15, 0.2) is 0 Å². The number of hydrogen-bond acceptors (Lipinski definition) is 4. The first-order valence-corrected chi connectivity index (χ1v) is 6.49. The number of anilines is 1. The fourth-order valence-corrected chi connectivity index (χ4v) is 2.05. The van der Waals surface area contributed by atoms with Gasteiger partial charge in [-0.1, -0.05) is 23.7 Å². The van der Waals surface area contributed by atoms with E-state index >= 15 is 0 Å². The maximum absolute atomic E-state index is 7.47. The van der Waals surface area contributed by atoms with E-state index in [1.165, 1.54) is 0 Å². The lowest BCUT2D eigenvalue weighted by atomic mass is 10.2. The van der Waals surface area contributed by atoms with Crippen molar-refractivity contribution in [1.82, 2.24) is 9.97 Å². The number of halogens is 1. The lowest BCUT2D eigenvalue weighted by Gasteiger charge is -2.18. The number of nitrogens with one attached hydrogen (secondary N) is 1. The van der Waals surface area contributed by atoms with Gasteiger partial charge >= 0.3 is 0 Å². The van der Waals surface area contributed by atoms with E-state index in [9.17, 15) is 0 Å². The van der Waals surface area contributed by atoms with E-state index < -0.39 is 0 Å². The van der Waals surface area contributed by atoms with Crippen molar-refractivity contribution in [2.24, 2.45) is 5.73 Å². The van der Waals surface area contributed by atoms with Crippen LogP contribution in [0.3, 0.4) is 0 Å². The molecule has 0 fully saturated rings. The van der Waals surface area contributed by atoms with Gasteiger partial charge in [-0.25, -0.2) is 9.97 Å². The van der Waals surface area contributed by atoms with Crippen LogP contribution in [0, 0.1) is 12.3 Å². The van der Waals surface area contributed by atoms with Crippen molar-refractivity contribution in [3.63, 3.8) is 0 Å². The number of amidine groups is 1. The van der Waals surface area contributed by atoms with Crippen molar-refractivity contribution in [3.05, 3.63) is 52.3 Å². The van der Waals surface area contributed by atoms with Crippen LogP contribution in [0.25, 0.3) is 0 Å². The van der Waals surface area contributed by atoms with Crippen LogP contribution in [0.15, 0.2) is 30.3 Å². The second-order valence-electron chi connectivity index (χ2n) is 4.59. The van der Waals surface area contributed by atoms with Crippen LogP contribution in [0.2, 0.25) is 5.02 Å². The monoisotopic (exact) mass is 289 g/mol. The summed E-state index contributed by atoms with van der Waals surface area (Å²) < 4.78 is 0. The van der Waals surface area contributed by atoms with Crippen LogP contribution in [0.5, 0.6) is 0 Å². The molecule has 2 aromatic rings. The van der Waals surface area contributed by atoms with Gasteiger partial charge in [0.2, 0.25) is 5.95 Å². The van der Waals surface area contributed by atoms with Gasteiger partial charge in [-0.3, -0.25) is 5.41 Å². The zero-order valence-electron chi connectivity index (χ0n) is 11.4. The Bertz CT molecular complexity index is 641. The van der Waals surface area contributed by atoms with Crippen LogP contribution in [-0.4, -0.2) is 22.9 Å². The highest BCUT2D eigenvalue weighted by Gasteiger charge is 2.09. The van der Waals surface area contributed by atoms with E-state index in [1.54, 1.807) is 6.07 Å². The summed E-state index contributed by atoms with van der Waals surface area (Å²) in [6.45, 7) is 2.48. The molecule has 20 heavy (non-hydrogen) atoms. The molecule has 0 saturated carbocycles. The Morgan fingerprint density at radius 1 is 1.35 bits per heavy atom. The first-order valence-electron chi connectivity index (χ1n) is 6.11. The van der Waals surface area contributed by atoms with Gasteiger partial charge in [0.25, 0.3) is 0 Å². The smallest absolute Gasteiger partial charge is 0.226 e. The summed E-state index contributed by atoms with van der Waals surface area (Å²) in [5, 5.41) is 8.17. The molecule has 0 radical (unpaired) electrons. The van der Waals surface area contributed by atoms with Crippen LogP contribution < -0.4 is 10.6 Å². The lowest BCUT2D eigenvalue weighted by Crippen LogP contribution is -2.22. The van der Waals surface area contributed by atoms with Crippen molar-refractivity contribution >= 4 is 23.4 Å². The largest absolute Gasteiger partial charge is 0.382 e. The summed E-state index contributed by atoms with van der Waals surface area (Å²) in [7, 11) is 1.89. The van der Waals surface area contributed by atoms with Gasteiger partial charge in [-0.05, 0) is 30.7 Å². The van der Waals surface area contributed by atoms with E-state index in [4.69, 9.17) is 22.7 Å². The van der Waals surface area contributed by atoms with Crippen molar-refractivity contribution in [3.8, 4) is 0 Å². The summed E-state index contributed by atoms with van der Waals surface area (Å²) in [5.41, 5.74) is 7.76. The van der Waals surface area contributed by atoms with E-state index in [2.05, 4.69) is 9.97 Å². The molecule has 0 aliphatic heterocycles. The van der Waals surface area contributed by atoms with Gasteiger partial charge in [-0.2, -0.15) is 0 Å². The molecule has 5 nitrogen and oxygen atoms in total. The third-order valence-electron chi connectivity index (χ3n) is 2.77. The van der Waals surface area contributed by atoms with E-state index in [0.717, 1.165) is 11.3 Å². The van der Waals surface area contributed by atoms with Crippen molar-refractivity contribution in [2.75, 3.05) is 11.9 Å². The topological polar surface area (TPSA) is 78.9 Å². The average Bonchev–Trinajstić information content (AvgIpc) is 2.37. The summed E-state index contributed by atoms with van der Waals surface area (Å²) in [6.07, 6.45) is 0. The molecule has 104 valence electrons. The summed E-state index contributed by atoms with van der Waals surface area (Å²) in [6, 6.07) is 9.33. The quantitative estimate of drug-likeness (QED) is 0.669. The maximum atomic E-state index is 7.47. The summed E-state index contributed by atoms with van der Waals surface area (Å²) >= 11 is 5.97. The SMILES string of the molecule is Cc1cc(C(=N)N)nc(N(C)Cc2cccc(Cl)c2)n1. The molecule has 1 heterocycles. The highest BCUT2D eigenvalue weighted by molar-refractivity contribution is 6.30. The maximum Gasteiger partial charge on any atom is 0.226 e. The van der Waals surface area contributed by atoms with E-state index in [1.807, 2.05) is 43.1 Å². The number of aryl methyl sites for hydroxylation is 1. The van der Waals surface area contributed by atoms with E-state index in [-0.39, 0.29) is 5.84 Å². The van der Waals surface area contributed by atoms with Crippen molar-refractivity contribution in [1.29, 1.82) is 5.41 Å². The normalized spacial score (nSPS) is 10.3. The first kappa shape index (κ1) is 14.3. The molecule has 0 aliphatic carbocycles. The number of aromatic nitrogens is 2. The number of rotatable bonds is 4. The molecular formula is C14H16ClN5. The molecule has 2 rings (SSSR count). The zero-order valence-corrected chi connectivity index (χ0v) is 12.1. The van der Waals surface area contributed by atoms with Gasteiger partial charge in [0.1, 0.15) is 11.5 Å². The summed E-state index contributed by atoms with van der Waals surface area (Å²) in [5.74, 6) is 0.475. The highest BCUT2D eigenvalue weighted by Crippen LogP contribution is 2.15. The van der Waals surface area contributed by atoms with Gasteiger partial charge in [0, 0.05) is 24.3 Å². The third kappa shape index (κ3) is 3.45. The Labute approximate surface area is 122 Å². The van der Waals surface area contributed by atoms with Crippen molar-refractivity contribution in [2.45, 2.75) is 13.5 Å². The molecule has 0 amide bonds. The third-order valence-corrected chi connectivity index (χ3v) is 3.00. The van der Waals surface area contributed by atoms with Gasteiger partial charge < -0.3 is 10.6 Å². The Morgan fingerprint density at radius 3 is 2.75 bits per heavy atom. The number of hydrogen-bond donors (Lipinski definition) is 2. The van der Waals surface area contributed by atoms with E-state index in [0.29, 0.717) is 23.2 Å². The zero-order chi connectivity index (χ0) is 14.7. The Balaban J connectivity index is 2.25. The molecule has 0 unspecified atom stereocenters. The molecule has 1 aromatic heterocycles. The predicted octanol–water partition coefficient (Wildman–Crippen LogP) is 2.36. The fourth-order valence-electron chi connectivity index (χ4n) is 1.84. The molecule has 0 aliphatic rings. The Hall–Kier alpha value is -2.14. The standard InChI is InChI=1S/C14H16ClN5/c1-9-6-12(13(16)17)19-14(18-9)20(2)8-10-4-3-5-11(15)7-10/h3-7H,8H2,1-2H3,(H3,16,17). The molecule has 0 spiro atoms. The average molecular weight is 290 g/mol. The molecule has 6 heteroatoms. The molecule has 0 saturated heterocycles. The van der Waals surface area contributed by atoms with Crippen molar-refractivity contribution < 1.29 is 0 Å². The second kappa shape index (κ2) is 5.88. The number of nitrogens with two attached hydrogens (primary N) is 1. The van der Waals surface area contributed by atoms with Crippen LogP contribution in [0.1, 0.15) is 17.0 Å². The highest BCUT2D eigenvalue weighted by atomic mass is 35.5. The van der Waals surface area contributed by atoms with Crippen LogP contribution in [-0.2, 0) is 6.54 Å². The van der Waals surface area contributed by atoms with Gasteiger partial charge in [-0.15, -0.1) is 0 Å². The van der Waals surface area contributed by atoms with Crippen LogP contribution >= 0.6 is 11.6 Å². The molecular weight excluding hydrogens is 274 g/mol.